The van der Waals surface area contributed by atoms with Crippen LogP contribution in [0, 0.1) is 19.8 Å². The molecule has 0 aliphatic carbocycles. The van der Waals surface area contributed by atoms with Crippen LogP contribution in [-0.4, -0.2) is 25.2 Å². The van der Waals surface area contributed by atoms with Crippen molar-refractivity contribution in [1.29, 1.82) is 0 Å². The molecular weight excluding hydrogens is 232 g/mol. The second-order valence-corrected chi connectivity index (χ2v) is 6.26. The lowest BCUT2D eigenvalue weighted by atomic mass is 9.96. The molecule has 1 aromatic carbocycles. The Hall–Kier alpha value is -1.02. The fraction of sp³-hybridized carbons (Fsp3) is 0.647. The van der Waals surface area contributed by atoms with Gasteiger partial charge in [0.1, 0.15) is 0 Å². The number of hydrogen-bond acceptors (Lipinski definition) is 2. The van der Waals surface area contributed by atoms with Crippen molar-refractivity contribution in [3.63, 3.8) is 0 Å². The van der Waals surface area contributed by atoms with E-state index in [0.29, 0.717) is 18.0 Å². The van der Waals surface area contributed by atoms with E-state index in [0.717, 1.165) is 13.1 Å². The number of benzene rings is 1. The number of hydrogen-bond donors (Lipinski definition) is 1. The summed E-state index contributed by atoms with van der Waals surface area (Å²) in [7, 11) is 0. The van der Waals surface area contributed by atoms with Crippen molar-refractivity contribution in [3.8, 4) is 0 Å². The van der Waals surface area contributed by atoms with E-state index >= 15 is 0 Å². The van der Waals surface area contributed by atoms with Gasteiger partial charge < -0.3 is 10.2 Å². The third kappa shape index (κ3) is 3.11. The molecule has 1 N–H and O–H groups in total. The Bertz CT molecular complexity index is 425. The minimum Gasteiger partial charge on any atom is -0.365 e. The van der Waals surface area contributed by atoms with Crippen molar-refractivity contribution in [2.24, 2.45) is 5.92 Å². The summed E-state index contributed by atoms with van der Waals surface area (Å²) in [5.74, 6) is 0.686. The molecule has 19 heavy (non-hydrogen) atoms. The number of anilines is 1. The van der Waals surface area contributed by atoms with E-state index in [1.807, 2.05) is 0 Å². The van der Waals surface area contributed by atoms with Crippen molar-refractivity contribution in [2.45, 2.75) is 53.1 Å². The van der Waals surface area contributed by atoms with Crippen molar-refractivity contribution in [2.75, 3.05) is 18.0 Å². The van der Waals surface area contributed by atoms with Crippen LogP contribution >= 0.6 is 0 Å². The highest BCUT2D eigenvalue weighted by molar-refractivity contribution is 5.56. The second kappa shape index (κ2) is 5.96. The third-order valence-corrected chi connectivity index (χ3v) is 4.40. The highest BCUT2D eigenvalue weighted by Gasteiger charge is 2.29. The molecule has 2 heteroatoms. The highest BCUT2D eigenvalue weighted by atomic mass is 15.2. The lowest BCUT2D eigenvalue weighted by molar-refractivity contribution is 0.325. The van der Waals surface area contributed by atoms with Crippen molar-refractivity contribution in [3.05, 3.63) is 29.3 Å². The van der Waals surface area contributed by atoms with Gasteiger partial charge in [-0.15, -0.1) is 0 Å². The molecule has 0 saturated carbocycles. The molecule has 1 aliphatic rings. The van der Waals surface area contributed by atoms with Crippen LogP contribution in [0.15, 0.2) is 18.2 Å². The van der Waals surface area contributed by atoms with E-state index in [1.54, 1.807) is 0 Å². The molecule has 106 valence electrons. The lowest BCUT2D eigenvalue weighted by Crippen LogP contribution is -2.58. The zero-order chi connectivity index (χ0) is 14.0. The third-order valence-electron chi connectivity index (χ3n) is 4.40. The molecule has 0 amide bonds. The first-order chi connectivity index (χ1) is 9.02. The van der Waals surface area contributed by atoms with Crippen LogP contribution in [-0.2, 0) is 0 Å². The van der Waals surface area contributed by atoms with Gasteiger partial charge in [0.2, 0.25) is 0 Å². The Morgan fingerprint density at radius 2 is 2.05 bits per heavy atom. The average molecular weight is 260 g/mol. The zero-order valence-corrected chi connectivity index (χ0v) is 13.0. The Balaban J connectivity index is 2.29. The maximum atomic E-state index is 3.71. The van der Waals surface area contributed by atoms with E-state index in [1.165, 1.54) is 23.2 Å². The van der Waals surface area contributed by atoms with Crippen molar-refractivity contribution < 1.29 is 0 Å². The maximum absolute atomic E-state index is 3.71. The maximum Gasteiger partial charge on any atom is 0.0412 e. The molecule has 2 rings (SSSR count). The summed E-state index contributed by atoms with van der Waals surface area (Å²) in [5, 5.41) is 3.71. The van der Waals surface area contributed by atoms with Gasteiger partial charge >= 0.3 is 0 Å². The molecule has 2 nitrogen and oxygen atoms in total. The SMILES string of the molecule is CCC1CNC(C(C)C)CN1c1cc(C)ccc1C. The summed E-state index contributed by atoms with van der Waals surface area (Å²) in [4.78, 5) is 2.63. The molecule has 0 spiro atoms. The number of piperazine rings is 1. The normalized spacial score (nSPS) is 24.0. The standard InChI is InChI=1S/C17H28N2/c1-6-15-10-18-16(12(2)3)11-19(15)17-9-13(4)7-8-14(17)5/h7-9,12,15-16,18H,6,10-11H2,1-5H3. The highest BCUT2D eigenvalue weighted by Crippen LogP contribution is 2.27. The van der Waals surface area contributed by atoms with E-state index in [-0.39, 0.29) is 0 Å². The Morgan fingerprint density at radius 1 is 1.32 bits per heavy atom. The molecule has 2 unspecified atom stereocenters. The Labute approximate surface area is 118 Å². The quantitative estimate of drug-likeness (QED) is 0.894. The summed E-state index contributed by atoms with van der Waals surface area (Å²) >= 11 is 0. The molecule has 1 fully saturated rings. The van der Waals surface area contributed by atoms with E-state index in [4.69, 9.17) is 0 Å². The van der Waals surface area contributed by atoms with Crippen LogP contribution in [0.3, 0.4) is 0 Å². The Morgan fingerprint density at radius 3 is 2.68 bits per heavy atom. The topological polar surface area (TPSA) is 15.3 Å². The van der Waals surface area contributed by atoms with Crippen LogP contribution in [0.2, 0.25) is 0 Å². The molecule has 0 aromatic heterocycles. The monoisotopic (exact) mass is 260 g/mol. The van der Waals surface area contributed by atoms with Gasteiger partial charge in [-0.1, -0.05) is 32.9 Å². The van der Waals surface area contributed by atoms with Crippen molar-refractivity contribution >= 4 is 5.69 Å². The van der Waals surface area contributed by atoms with Crippen LogP contribution in [0.1, 0.15) is 38.3 Å². The van der Waals surface area contributed by atoms with Gasteiger partial charge in [-0.2, -0.15) is 0 Å². The minimum atomic E-state index is 0.600. The Kier molecular flexibility index (Phi) is 4.51. The number of rotatable bonds is 3. The van der Waals surface area contributed by atoms with Crippen LogP contribution in [0.5, 0.6) is 0 Å². The molecule has 1 saturated heterocycles. The largest absolute Gasteiger partial charge is 0.365 e. The first kappa shape index (κ1) is 14.4. The van der Waals surface area contributed by atoms with Crippen LogP contribution in [0.25, 0.3) is 0 Å². The van der Waals surface area contributed by atoms with Crippen LogP contribution < -0.4 is 10.2 Å². The zero-order valence-electron chi connectivity index (χ0n) is 13.0. The van der Waals surface area contributed by atoms with Gasteiger partial charge in [-0.3, -0.25) is 0 Å². The first-order valence-corrected chi connectivity index (χ1v) is 7.60. The molecule has 1 heterocycles. The van der Waals surface area contributed by atoms with E-state index in [2.05, 4.69) is 63.0 Å². The smallest absolute Gasteiger partial charge is 0.0412 e. The summed E-state index contributed by atoms with van der Waals surface area (Å²) in [6.45, 7) is 13.6. The van der Waals surface area contributed by atoms with Gasteiger partial charge in [0, 0.05) is 30.9 Å². The predicted molar refractivity (Wildman–Crippen MR) is 84.0 cm³/mol. The number of nitrogens with one attached hydrogen (secondary N) is 1. The van der Waals surface area contributed by atoms with Gasteiger partial charge in [-0.25, -0.2) is 0 Å². The predicted octanol–water partition coefficient (Wildman–Crippen LogP) is 3.52. The molecular formula is C17H28N2. The van der Waals surface area contributed by atoms with Gasteiger partial charge in [0.05, 0.1) is 0 Å². The summed E-state index contributed by atoms with van der Waals surface area (Å²) in [6, 6.07) is 8.03. The second-order valence-electron chi connectivity index (χ2n) is 6.26. The number of nitrogens with zero attached hydrogens (tertiary/aromatic N) is 1. The molecule has 0 radical (unpaired) electrons. The molecule has 2 atom stereocenters. The summed E-state index contributed by atoms with van der Waals surface area (Å²) in [6.07, 6.45) is 1.20. The van der Waals surface area contributed by atoms with Gasteiger partial charge in [-0.05, 0) is 43.4 Å². The van der Waals surface area contributed by atoms with E-state index in [9.17, 15) is 0 Å². The molecule has 1 aromatic rings. The fourth-order valence-electron chi connectivity index (χ4n) is 2.96. The lowest BCUT2D eigenvalue weighted by Gasteiger charge is -2.43. The summed E-state index contributed by atoms with van der Waals surface area (Å²) < 4.78 is 0. The molecule has 0 bridgehead atoms. The average Bonchev–Trinajstić information content (AvgIpc) is 2.40. The van der Waals surface area contributed by atoms with E-state index < -0.39 is 0 Å². The number of aryl methyl sites for hydroxylation is 2. The summed E-state index contributed by atoms with van der Waals surface area (Å²) in [5.41, 5.74) is 4.18. The van der Waals surface area contributed by atoms with Gasteiger partial charge in [0.15, 0.2) is 0 Å². The van der Waals surface area contributed by atoms with Crippen LogP contribution in [0.4, 0.5) is 5.69 Å². The van der Waals surface area contributed by atoms with Gasteiger partial charge in [0.25, 0.3) is 0 Å². The minimum absolute atomic E-state index is 0.600. The fourth-order valence-corrected chi connectivity index (χ4v) is 2.96. The first-order valence-electron chi connectivity index (χ1n) is 7.60. The van der Waals surface area contributed by atoms with Crippen molar-refractivity contribution in [1.82, 2.24) is 5.32 Å². The molecule has 1 aliphatic heterocycles.